The van der Waals surface area contributed by atoms with Crippen molar-refractivity contribution in [2.75, 3.05) is 25.1 Å². The molecule has 12 nitrogen and oxygen atoms in total. The normalized spacial score (nSPS) is 26.5. The molecule has 2 saturated carbocycles. The van der Waals surface area contributed by atoms with Crippen LogP contribution in [0.15, 0.2) is 56.8 Å². The number of benzene rings is 2. The molecule has 3 heterocycles. The Morgan fingerprint density at radius 2 is 1.79 bits per heavy atom. The Labute approximate surface area is 290 Å². The Kier molecular flexibility index (Phi) is 8.71. The van der Waals surface area contributed by atoms with E-state index in [9.17, 15) is 33.9 Å². The van der Waals surface area contributed by atoms with Crippen LogP contribution in [0.4, 0.5) is 5.69 Å². The largest absolute Gasteiger partial charge is 0.483 e. The van der Waals surface area contributed by atoms with Crippen LogP contribution in [-0.2, 0) is 23.9 Å². The number of aliphatic carboxylic acids is 1. The molecule has 250 valence electrons. The molecule has 0 radical (unpaired) electrons. The van der Waals surface area contributed by atoms with E-state index in [1.807, 2.05) is 6.07 Å². The zero-order valence-corrected chi connectivity index (χ0v) is 28.7. The second kappa shape index (κ2) is 12.8. The Hall–Kier alpha value is -3.95. The number of amides is 3. The smallest absolute Gasteiger partial charge is 0.338 e. The second-order valence-electron chi connectivity index (χ2n) is 12.2. The zero-order valence-electron chi connectivity index (χ0n) is 25.5. The molecule has 2 aliphatic carbocycles. The lowest BCUT2D eigenvalue weighted by atomic mass is 9.68. The van der Waals surface area contributed by atoms with Gasteiger partial charge in [-0.3, -0.25) is 28.9 Å². The summed E-state index contributed by atoms with van der Waals surface area (Å²) >= 11 is 6.24. The van der Waals surface area contributed by atoms with Crippen molar-refractivity contribution >= 4 is 74.4 Å². The number of ether oxygens (including phenoxy) is 2. The maximum absolute atomic E-state index is 13.6. The molecule has 2 bridgehead atoms. The highest BCUT2D eigenvalue weighted by Gasteiger charge is 2.69. The predicted molar refractivity (Wildman–Crippen MR) is 178 cm³/mol. The van der Waals surface area contributed by atoms with E-state index in [0.717, 1.165) is 36.2 Å². The minimum Gasteiger partial charge on any atom is -0.483 e. The van der Waals surface area contributed by atoms with Gasteiger partial charge in [0.2, 0.25) is 11.8 Å². The number of esters is 1. The average Bonchev–Trinajstić information content (AvgIpc) is 3.78. The first-order chi connectivity index (χ1) is 23.0. The summed E-state index contributed by atoms with van der Waals surface area (Å²) in [4.78, 5) is 80.7. The standard InChI is InChI=1S/C33H30BrN3O9S2/c1-2-45-32(43)14-3-6-16(7-4-14)35-21(38)13-46-20-8-5-15(34)11-17(20)23-24-18-12-19(27(24)47-29-28(23)48-33(44)36-29)26-25(18)30(41)37(31(26)42)10-9-22(39)40/h3-8,11,18-19,23-27H,2,9-10,12-13H2,1H3,(H,35,38)(H,36,44)(H,39,40)/t18?,19?,23-,24?,25?,26?,27?/m1/s1. The number of rotatable bonds is 10. The molecule has 4 aliphatic rings. The Balaban J connectivity index is 1.16. The van der Waals surface area contributed by atoms with Crippen molar-refractivity contribution in [1.29, 1.82) is 0 Å². The van der Waals surface area contributed by atoms with Crippen molar-refractivity contribution in [3.63, 3.8) is 0 Å². The third kappa shape index (κ3) is 5.64. The van der Waals surface area contributed by atoms with Crippen LogP contribution in [0, 0.1) is 29.6 Å². The van der Waals surface area contributed by atoms with Crippen molar-refractivity contribution in [2.24, 2.45) is 29.6 Å². The van der Waals surface area contributed by atoms with Gasteiger partial charge in [-0.25, -0.2) is 4.79 Å². The second-order valence-corrected chi connectivity index (χ2v) is 15.4. The summed E-state index contributed by atoms with van der Waals surface area (Å²) in [5.74, 6) is -3.90. The monoisotopic (exact) mass is 755 g/mol. The number of nitrogens with one attached hydrogen (secondary N) is 2. The summed E-state index contributed by atoms with van der Waals surface area (Å²) in [5, 5.41) is 12.6. The van der Waals surface area contributed by atoms with Crippen molar-refractivity contribution in [3.8, 4) is 5.75 Å². The van der Waals surface area contributed by atoms with Crippen LogP contribution in [0.25, 0.3) is 0 Å². The number of hydrogen-bond donors (Lipinski definition) is 3. The molecular weight excluding hydrogens is 726 g/mol. The fourth-order valence-corrected chi connectivity index (χ4v) is 11.3. The summed E-state index contributed by atoms with van der Waals surface area (Å²) in [5.41, 5.74) is 1.60. The van der Waals surface area contributed by atoms with Crippen LogP contribution in [0.3, 0.4) is 0 Å². The molecule has 6 unspecified atom stereocenters. The highest BCUT2D eigenvalue weighted by Crippen LogP contribution is 2.69. The number of thioether (sulfide) groups is 1. The highest BCUT2D eigenvalue weighted by atomic mass is 79.9. The van der Waals surface area contributed by atoms with E-state index in [2.05, 4.69) is 26.2 Å². The highest BCUT2D eigenvalue weighted by molar-refractivity contribution is 9.10. The number of anilines is 1. The van der Waals surface area contributed by atoms with Crippen LogP contribution in [0.5, 0.6) is 5.75 Å². The van der Waals surface area contributed by atoms with Crippen molar-refractivity contribution < 1.29 is 38.6 Å². The van der Waals surface area contributed by atoms with Gasteiger partial charge >= 0.3 is 16.8 Å². The molecule has 0 spiro atoms. The Morgan fingerprint density at radius 3 is 2.50 bits per heavy atom. The maximum atomic E-state index is 13.6. The average molecular weight is 757 g/mol. The summed E-state index contributed by atoms with van der Waals surface area (Å²) in [7, 11) is 0. The van der Waals surface area contributed by atoms with Gasteiger partial charge in [0.05, 0.1) is 35.5 Å². The van der Waals surface area contributed by atoms with Gasteiger partial charge in [-0.05, 0) is 73.6 Å². The number of hydrogen-bond acceptors (Lipinski definition) is 10. The van der Waals surface area contributed by atoms with Crippen LogP contribution >= 0.6 is 39.0 Å². The van der Waals surface area contributed by atoms with E-state index in [-0.39, 0.29) is 71.8 Å². The van der Waals surface area contributed by atoms with E-state index in [0.29, 0.717) is 23.4 Å². The molecule has 2 aromatic carbocycles. The van der Waals surface area contributed by atoms with Gasteiger partial charge < -0.3 is 24.9 Å². The van der Waals surface area contributed by atoms with E-state index in [1.54, 1.807) is 55.1 Å². The number of nitrogens with zero attached hydrogens (tertiary/aromatic N) is 1. The molecule has 1 aromatic heterocycles. The molecule has 3 fully saturated rings. The molecule has 7 rings (SSSR count). The van der Waals surface area contributed by atoms with Crippen LogP contribution < -0.4 is 14.9 Å². The molecular formula is C33H30BrN3O9S2. The number of thiazole rings is 1. The SMILES string of the molecule is CCOC(=O)c1ccc(NC(=O)COc2ccc(Br)cc2[C@H]2c3sc(=O)[nH]c3SC3C4CC(C5C(=O)N(CCC(=O)O)C(=O)C45)C32)cc1. The summed E-state index contributed by atoms with van der Waals surface area (Å²) in [6.45, 7) is 1.51. The van der Waals surface area contributed by atoms with Crippen LogP contribution in [0.1, 0.15) is 46.5 Å². The Bertz CT molecular complexity index is 1890. The first kappa shape index (κ1) is 32.6. The molecule has 3 aromatic rings. The minimum absolute atomic E-state index is 0.0668. The lowest BCUT2D eigenvalue weighted by Gasteiger charge is -2.43. The number of imide groups is 1. The van der Waals surface area contributed by atoms with E-state index < -0.39 is 29.7 Å². The number of carbonyl (C=O) groups excluding carboxylic acids is 4. The van der Waals surface area contributed by atoms with Gasteiger partial charge in [0.25, 0.3) is 5.91 Å². The quantitative estimate of drug-likeness (QED) is 0.200. The molecule has 3 amide bonds. The Morgan fingerprint density at radius 1 is 1.06 bits per heavy atom. The van der Waals surface area contributed by atoms with Crippen LogP contribution in [0.2, 0.25) is 0 Å². The fraction of sp³-hybridized carbons (Fsp3) is 0.394. The van der Waals surface area contributed by atoms with Gasteiger partial charge in [-0.15, -0.1) is 11.8 Å². The van der Waals surface area contributed by atoms with Crippen molar-refractivity contribution in [1.82, 2.24) is 9.88 Å². The lowest BCUT2D eigenvalue weighted by Crippen LogP contribution is -2.42. The van der Waals surface area contributed by atoms with E-state index in [4.69, 9.17) is 9.47 Å². The van der Waals surface area contributed by atoms with Gasteiger partial charge in [-0.2, -0.15) is 0 Å². The minimum atomic E-state index is -1.07. The number of aromatic amines is 1. The predicted octanol–water partition coefficient (Wildman–Crippen LogP) is 4.34. The molecule has 48 heavy (non-hydrogen) atoms. The molecule has 3 N–H and O–H groups in total. The van der Waals surface area contributed by atoms with Gasteiger partial charge in [0.15, 0.2) is 6.61 Å². The summed E-state index contributed by atoms with van der Waals surface area (Å²) in [6, 6.07) is 11.8. The number of H-pyrrole nitrogens is 1. The number of carboxylic acids is 1. The molecule has 7 atom stereocenters. The number of fused-ring (bicyclic) bond motifs is 9. The van der Waals surface area contributed by atoms with Crippen molar-refractivity contribution in [3.05, 3.63) is 72.6 Å². The number of likely N-dealkylation sites (tertiary alicyclic amines) is 1. The number of carboxylic acid groups (broad SMARTS) is 1. The van der Waals surface area contributed by atoms with Gasteiger partial charge in [0, 0.05) is 38.3 Å². The zero-order chi connectivity index (χ0) is 33.9. The third-order valence-electron chi connectivity index (χ3n) is 9.71. The summed E-state index contributed by atoms with van der Waals surface area (Å²) in [6.07, 6.45) is 0.374. The summed E-state index contributed by atoms with van der Waals surface area (Å²) < 4.78 is 11.9. The van der Waals surface area contributed by atoms with E-state index in [1.165, 1.54) is 0 Å². The molecule has 2 aliphatic heterocycles. The topological polar surface area (TPSA) is 172 Å². The van der Waals surface area contributed by atoms with Gasteiger partial charge in [-0.1, -0.05) is 27.3 Å². The molecule has 1 saturated heterocycles. The first-order valence-electron chi connectivity index (χ1n) is 15.5. The number of aromatic nitrogens is 1. The lowest BCUT2D eigenvalue weighted by molar-refractivity contribution is -0.142. The fourth-order valence-electron chi connectivity index (χ4n) is 7.99. The van der Waals surface area contributed by atoms with Gasteiger partial charge in [0.1, 0.15) is 5.75 Å². The first-order valence-corrected chi connectivity index (χ1v) is 18.0. The molecule has 15 heteroatoms. The number of carbonyl (C=O) groups is 5. The van der Waals surface area contributed by atoms with Crippen molar-refractivity contribution in [2.45, 2.75) is 36.0 Å². The number of halogens is 1. The maximum Gasteiger partial charge on any atom is 0.338 e. The van der Waals surface area contributed by atoms with E-state index >= 15 is 0 Å². The van der Waals surface area contributed by atoms with Crippen LogP contribution in [-0.4, -0.2) is 69.7 Å². The third-order valence-corrected chi connectivity index (χ3v) is 12.8.